The minimum atomic E-state index is -0.697. The number of benzene rings is 4. The van der Waals surface area contributed by atoms with E-state index in [1.165, 1.54) is 21.2 Å². The van der Waals surface area contributed by atoms with Crippen molar-refractivity contribution in [2.75, 3.05) is 26.2 Å². The summed E-state index contributed by atoms with van der Waals surface area (Å²) in [5.74, 6) is 0. The molecule has 4 heteroatoms. The van der Waals surface area contributed by atoms with E-state index >= 15 is 0 Å². The summed E-state index contributed by atoms with van der Waals surface area (Å²) in [5.41, 5.74) is 0. The summed E-state index contributed by atoms with van der Waals surface area (Å²) in [6.07, 6.45) is 1.15. The zero-order valence-corrected chi connectivity index (χ0v) is 22.7. The van der Waals surface area contributed by atoms with E-state index in [1.54, 1.807) is 0 Å². The minimum absolute atomic E-state index is 0.697. The highest BCUT2D eigenvalue weighted by atomic mass is 31.2. The lowest BCUT2D eigenvalue weighted by atomic mass is 10.4. The van der Waals surface area contributed by atoms with E-state index in [-0.39, 0.29) is 0 Å². The van der Waals surface area contributed by atoms with Crippen LogP contribution in [-0.2, 0) is 0 Å². The Bertz CT molecular complexity index is 942. The van der Waals surface area contributed by atoms with Gasteiger partial charge in [0.05, 0.1) is 0 Å². The monoisotopic (exact) mass is 498 g/mol. The van der Waals surface area contributed by atoms with Gasteiger partial charge in [0.25, 0.3) is 0 Å². The van der Waals surface area contributed by atoms with Crippen LogP contribution in [0.1, 0.15) is 20.3 Å². The minimum Gasteiger partial charge on any atom is -0.304 e. The van der Waals surface area contributed by atoms with Crippen molar-refractivity contribution in [3.8, 4) is 0 Å². The summed E-state index contributed by atoms with van der Waals surface area (Å²) in [6, 6.07) is 44.6. The summed E-state index contributed by atoms with van der Waals surface area (Å²) in [7, 11) is -1.39. The quantitative estimate of drug-likeness (QED) is 0.217. The van der Waals surface area contributed by atoms with Gasteiger partial charge in [-0.25, -0.2) is 4.44 Å². The van der Waals surface area contributed by atoms with E-state index in [2.05, 4.69) is 145 Å². The van der Waals surface area contributed by atoms with Crippen LogP contribution in [0.15, 0.2) is 121 Å². The highest BCUT2D eigenvalue weighted by Gasteiger charge is 2.31. The fraction of sp³-hybridized carbons (Fsp3) is 0.226. The Morgan fingerprint density at radius 2 is 0.771 bits per heavy atom. The van der Waals surface area contributed by atoms with E-state index in [4.69, 9.17) is 0 Å². The van der Waals surface area contributed by atoms with Crippen LogP contribution in [0.25, 0.3) is 0 Å². The van der Waals surface area contributed by atoms with Crippen LogP contribution in [0.4, 0.5) is 0 Å². The first-order valence-electron chi connectivity index (χ1n) is 12.6. The van der Waals surface area contributed by atoms with Crippen molar-refractivity contribution in [1.82, 2.24) is 9.34 Å². The van der Waals surface area contributed by atoms with Crippen molar-refractivity contribution in [3.63, 3.8) is 0 Å². The average molecular weight is 499 g/mol. The van der Waals surface area contributed by atoms with Crippen molar-refractivity contribution in [2.24, 2.45) is 0 Å². The molecular weight excluding hydrogens is 462 g/mol. The third kappa shape index (κ3) is 6.87. The molecule has 0 aliphatic heterocycles. The van der Waals surface area contributed by atoms with Gasteiger partial charge in [0.2, 0.25) is 0 Å². The largest absolute Gasteiger partial charge is 0.304 e. The molecule has 0 heterocycles. The molecule has 180 valence electrons. The molecule has 0 radical (unpaired) electrons. The molecule has 0 bridgehead atoms. The van der Waals surface area contributed by atoms with E-state index in [1.807, 2.05) is 0 Å². The lowest BCUT2D eigenvalue weighted by Gasteiger charge is -2.39. The van der Waals surface area contributed by atoms with Crippen LogP contribution >= 0.6 is 16.1 Å². The van der Waals surface area contributed by atoms with Crippen molar-refractivity contribution in [1.29, 1.82) is 0 Å². The molecule has 0 fully saturated rings. The molecular formula is C31H36N2P2. The molecule has 4 rings (SSSR count). The molecule has 0 saturated carbocycles. The molecule has 4 aromatic carbocycles. The van der Waals surface area contributed by atoms with Gasteiger partial charge in [-0.3, -0.25) is 0 Å². The molecule has 0 aliphatic carbocycles. The molecule has 0 saturated heterocycles. The predicted octanol–water partition coefficient (Wildman–Crippen LogP) is 6.12. The fourth-order valence-corrected chi connectivity index (χ4v) is 10.5. The van der Waals surface area contributed by atoms with Crippen LogP contribution in [-0.4, -0.2) is 35.5 Å². The third-order valence-corrected chi connectivity index (χ3v) is 11.7. The Morgan fingerprint density at radius 1 is 0.457 bits per heavy atom. The molecule has 0 atom stereocenters. The Balaban J connectivity index is 1.83. The summed E-state index contributed by atoms with van der Waals surface area (Å²) in [4.78, 5) is 2.54. The number of hydrogen-bond acceptors (Lipinski definition) is 2. The number of hydrogen-bond donors (Lipinski definition) is 0. The van der Waals surface area contributed by atoms with Crippen molar-refractivity contribution in [3.05, 3.63) is 121 Å². The maximum absolute atomic E-state index is 2.85. The molecule has 0 unspecified atom stereocenters. The van der Waals surface area contributed by atoms with E-state index in [9.17, 15) is 0 Å². The summed E-state index contributed by atoms with van der Waals surface area (Å²) in [6.45, 7) is 8.93. The molecule has 2 nitrogen and oxygen atoms in total. The van der Waals surface area contributed by atoms with E-state index in [0.29, 0.717) is 0 Å². The topological polar surface area (TPSA) is 6.48 Å². The maximum atomic E-state index is 2.85. The summed E-state index contributed by atoms with van der Waals surface area (Å²) in [5, 5.41) is 5.65. The van der Waals surface area contributed by atoms with Crippen LogP contribution in [0.2, 0.25) is 0 Å². The first-order chi connectivity index (χ1) is 17.3. The fourth-order valence-electron chi connectivity index (χ4n) is 4.37. The number of rotatable bonds is 12. The Morgan fingerprint density at radius 3 is 1.06 bits per heavy atom. The van der Waals surface area contributed by atoms with Gasteiger partial charge < -0.3 is 4.90 Å². The van der Waals surface area contributed by atoms with Gasteiger partial charge in [-0.05, 0) is 47.3 Å². The normalized spacial score (nSPS) is 11.6. The van der Waals surface area contributed by atoms with Crippen LogP contribution in [0, 0.1) is 0 Å². The van der Waals surface area contributed by atoms with Gasteiger partial charge in [-0.1, -0.05) is 135 Å². The smallest absolute Gasteiger partial charge is 0.0323 e. The highest BCUT2D eigenvalue weighted by molar-refractivity contribution is 7.84. The molecule has 35 heavy (non-hydrogen) atoms. The highest BCUT2D eigenvalue weighted by Crippen LogP contribution is 2.54. The van der Waals surface area contributed by atoms with Gasteiger partial charge >= 0.3 is 0 Å². The first-order valence-corrected chi connectivity index (χ1v) is 15.2. The van der Waals surface area contributed by atoms with Gasteiger partial charge in [0, 0.05) is 22.7 Å². The van der Waals surface area contributed by atoms with Gasteiger partial charge in [-0.2, -0.15) is 0 Å². The molecule has 0 amide bonds. The molecule has 0 aliphatic rings. The zero-order valence-electron chi connectivity index (χ0n) is 20.9. The molecule has 0 spiro atoms. The predicted molar refractivity (Wildman–Crippen MR) is 157 cm³/mol. The van der Waals surface area contributed by atoms with Crippen LogP contribution < -0.4 is 21.2 Å². The second kappa shape index (κ2) is 13.7. The van der Waals surface area contributed by atoms with Crippen molar-refractivity contribution >= 4 is 37.4 Å². The van der Waals surface area contributed by atoms with Crippen LogP contribution in [0.5, 0.6) is 0 Å². The Labute approximate surface area is 214 Å². The van der Waals surface area contributed by atoms with E-state index < -0.39 is 16.1 Å². The maximum Gasteiger partial charge on any atom is 0.0323 e. The van der Waals surface area contributed by atoms with Crippen molar-refractivity contribution < 1.29 is 0 Å². The van der Waals surface area contributed by atoms with Gasteiger partial charge in [0.1, 0.15) is 0 Å². The first kappa shape index (κ1) is 25.7. The molecule has 0 N–H and O–H groups in total. The SMILES string of the molecule is CCN(CC)CCCN(P(c1ccccc1)c1ccccc1)P(c1ccccc1)c1ccccc1. The van der Waals surface area contributed by atoms with E-state index in [0.717, 1.165) is 32.6 Å². The second-order valence-corrected chi connectivity index (χ2v) is 13.0. The summed E-state index contributed by atoms with van der Waals surface area (Å²) < 4.78 is 2.85. The number of nitrogens with zero attached hydrogens (tertiary/aromatic N) is 2. The van der Waals surface area contributed by atoms with Crippen molar-refractivity contribution in [2.45, 2.75) is 20.3 Å². The second-order valence-electron chi connectivity index (χ2n) is 8.44. The standard InChI is InChI=1S/C31H36N2P2/c1-3-32(4-2)26-17-27-33(34(28-18-9-5-10-19-28)29-20-11-6-12-21-29)35(30-22-13-7-14-23-30)31-24-15-8-16-25-31/h5-16,18-25H,3-4,17,26-27H2,1-2H3. The van der Waals surface area contributed by atoms with Gasteiger partial charge in [-0.15, -0.1) is 0 Å². The lowest BCUT2D eigenvalue weighted by Crippen LogP contribution is -2.34. The zero-order chi connectivity index (χ0) is 24.3. The third-order valence-electron chi connectivity index (χ3n) is 6.19. The average Bonchev–Trinajstić information content (AvgIpc) is 2.93. The lowest BCUT2D eigenvalue weighted by molar-refractivity contribution is 0.296. The molecule has 0 aromatic heterocycles. The summed E-state index contributed by atoms with van der Waals surface area (Å²) >= 11 is 0. The van der Waals surface area contributed by atoms with Gasteiger partial charge in [0.15, 0.2) is 0 Å². The van der Waals surface area contributed by atoms with Crippen LogP contribution in [0.3, 0.4) is 0 Å². The Hall–Kier alpha value is -2.34. The molecule has 4 aromatic rings. The Kier molecular flexibility index (Phi) is 10.1.